The Morgan fingerprint density at radius 1 is 0.373 bits per heavy atom. The molecule has 0 saturated carbocycles. The maximum Gasteiger partial charge on any atom is 0.305 e. The second kappa shape index (κ2) is 64.9. The molecule has 3 N–H and O–H groups in total. The van der Waals surface area contributed by atoms with E-state index in [0.717, 1.165) is 51.4 Å². The van der Waals surface area contributed by atoms with Gasteiger partial charge in [-0.25, -0.2) is 0 Å². The van der Waals surface area contributed by atoms with Crippen molar-refractivity contribution in [1.82, 2.24) is 5.32 Å². The van der Waals surface area contributed by atoms with Gasteiger partial charge in [0.1, 0.15) is 0 Å². The molecule has 1 amide bonds. The fraction of sp³-hybridized carbons (Fsp3) is 0.913. The van der Waals surface area contributed by atoms with Crippen molar-refractivity contribution in [3.63, 3.8) is 0 Å². The molecule has 0 aromatic rings. The van der Waals surface area contributed by atoms with Crippen LogP contribution in [0.4, 0.5) is 0 Å². The minimum atomic E-state index is -0.659. The van der Waals surface area contributed by atoms with Gasteiger partial charge in [-0.05, 0) is 57.8 Å². The summed E-state index contributed by atoms with van der Waals surface area (Å²) in [6.07, 6.45) is 80.9. The van der Waals surface area contributed by atoms with E-state index in [1.165, 1.54) is 295 Å². The fourth-order valence-corrected chi connectivity index (χ4v) is 10.8. The molecule has 0 aromatic carbocycles. The van der Waals surface area contributed by atoms with Crippen LogP contribution in [0, 0.1) is 0 Å². The van der Waals surface area contributed by atoms with Gasteiger partial charge in [0.2, 0.25) is 5.91 Å². The van der Waals surface area contributed by atoms with Gasteiger partial charge in [0, 0.05) is 12.8 Å². The van der Waals surface area contributed by atoms with Crippen LogP contribution < -0.4 is 5.32 Å². The molecular weight excluding hydrogens is 923 g/mol. The smallest absolute Gasteiger partial charge is 0.305 e. The third-order valence-electron chi connectivity index (χ3n) is 16.0. The van der Waals surface area contributed by atoms with Gasteiger partial charge in [0.15, 0.2) is 0 Å². The molecule has 0 bridgehead atoms. The molecule has 444 valence electrons. The van der Waals surface area contributed by atoms with Crippen molar-refractivity contribution in [3.8, 4) is 0 Å². The average Bonchev–Trinajstić information content (AvgIpc) is 3.41. The fourth-order valence-electron chi connectivity index (χ4n) is 10.8. The highest BCUT2D eigenvalue weighted by Gasteiger charge is 2.20. The highest BCUT2D eigenvalue weighted by atomic mass is 16.5. The number of ether oxygens (including phenoxy) is 1. The number of carbonyl (C=O) groups excluding carboxylic acids is 2. The summed E-state index contributed by atoms with van der Waals surface area (Å²) in [6.45, 7) is 4.94. The molecule has 0 spiro atoms. The van der Waals surface area contributed by atoms with Gasteiger partial charge in [-0.1, -0.05) is 334 Å². The number of aliphatic hydroxyl groups excluding tert-OH is 2. The lowest BCUT2D eigenvalue weighted by Crippen LogP contribution is -2.45. The largest absolute Gasteiger partial charge is 0.466 e. The zero-order chi connectivity index (χ0) is 54.3. The number of amides is 1. The first kappa shape index (κ1) is 73.3. The number of rotatable bonds is 64. The van der Waals surface area contributed by atoms with Gasteiger partial charge < -0.3 is 20.3 Å². The summed E-state index contributed by atoms with van der Waals surface area (Å²) >= 11 is 0. The Labute approximate surface area is 469 Å². The van der Waals surface area contributed by atoms with Crippen molar-refractivity contribution in [1.29, 1.82) is 0 Å². The van der Waals surface area contributed by atoms with E-state index in [1.54, 1.807) is 0 Å². The Morgan fingerprint density at radius 2 is 0.667 bits per heavy atom. The van der Waals surface area contributed by atoms with Gasteiger partial charge >= 0.3 is 5.97 Å². The molecule has 0 heterocycles. The number of nitrogens with one attached hydrogen (secondary N) is 1. The Kier molecular flexibility index (Phi) is 63.4. The van der Waals surface area contributed by atoms with Crippen molar-refractivity contribution < 1.29 is 24.5 Å². The third kappa shape index (κ3) is 61.4. The van der Waals surface area contributed by atoms with Gasteiger partial charge in [-0.3, -0.25) is 9.59 Å². The molecule has 0 aliphatic rings. The van der Waals surface area contributed by atoms with Gasteiger partial charge in [0.25, 0.3) is 0 Å². The monoisotopic (exact) mass is 1060 g/mol. The van der Waals surface area contributed by atoms with E-state index in [0.29, 0.717) is 25.9 Å². The summed E-state index contributed by atoms with van der Waals surface area (Å²) in [5, 5.41) is 23.2. The Morgan fingerprint density at radius 3 is 1.04 bits per heavy atom. The third-order valence-corrected chi connectivity index (χ3v) is 16.0. The number of hydrogen-bond donors (Lipinski definition) is 3. The molecule has 0 aromatic heterocycles. The molecule has 0 aliphatic heterocycles. The number of unbranched alkanes of at least 4 members (excludes halogenated alkanes) is 49. The molecule has 6 heteroatoms. The van der Waals surface area contributed by atoms with Crippen molar-refractivity contribution in [2.45, 2.75) is 392 Å². The van der Waals surface area contributed by atoms with Crippen molar-refractivity contribution >= 4 is 11.9 Å². The van der Waals surface area contributed by atoms with E-state index >= 15 is 0 Å². The van der Waals surface area contributed by atoms with Crippen LogP contribution in [-0.4, -0.2) is 47.4 Å². The standard InChI is InChI=1S/C69H133NO5/c1-3-5-7-9-11-13-15-16-35-39-43-47-51-55-59-63-69(74)75-64-60-56-52-48-44-40-37-34-32-30-28-26-24-22-20-18-17-19-21-23-25-27-29-31-33-36-38-42-46-50-54-58-62-68(73)70-66(65-71)67(72)61-57-53-49-45-41-14-12-10-8-6-4-2/h11,13,16,35,66-67,71-72H,3-10,12,14-15,17-34,36-65H2,1-2H3,(H,70,73)/b13-11-,35-16-. The number of esters is 1. The topological polar surface area (TPSA) is 95.9 Å². The van der Waals surface area contributed by atoms with Gasteiger partial charge in [0.05, 0.1) is 25.4 Å². The predicted molar refractivity (Wildman–Crippen MR) is 329 cm³/mol. The van der Waals surface area contributed by atoms with E-state index in [4.69, 9.17) is 4.74 Å². The summed E-state index contributed by atoms with van der Waals surface area (Å²) in [5.41, 5.74) is 0. The van der Waals surface area contributed by atoms with Crippen LogP contribution in [0.1, 0.15) is 380 Å². The van der Waals surface area contributed by atoms with Gasteiger partial charge in [-0.2, -0.15) is 0 Å². The molecule has 0 aliphatic carbocycles. The minimum absolute atomic E-state index is 0.00752. The van der Waals surface area contributed by atoms with E-state index < -0.39 is 12.1 Å². The lowest BCUT2D eigenvalue weighted by molar-refractivity contribution is -0.143. The summed E-state index contributed by atoms with van der Waals surface area (Å²) in [7, 11) is 0. The van der Waals surface area contributed by atoms with E-state index in [2.05, 4.69) is 43.5 Å². The van der Waals surface area contributed by atoms with Crippen molar-refractivity contribution in [3.05, 3.63) is 24.3 Å². The quantitative estimate of drug-likeness (QED) is 0.0320. The first-order valence-electron chi connectivity index (χ1n) is 34.1. The summed E-state index contributed by atoms with van der Waals surface area (Å²) in [6, 6.07) is -0.536. The average molecular weight is 1060 g/mol. The van der Waals surface area contributed by atoms with Crippen LogP contribution in [0.3, 0.4) is 0 Å². The van der Waals surface area contributed by atoms with Crippen LogP contribution in [0.5, 0.6) is 0 Å². The summed E-state index contributed by atoms with van der Waals surface area (Å²) in [4.78, 5) is 24.5. The zero-order valence-corrected chi connectivity index (χ0v) is 50.8. The SMILES string of the molecule is CCCCC/C=C\C/C=C\CCCCCCCC(=O)OCCCCCCCCCCCCCCCCCCCCCCCCCCCCCCCCCCC(=O)NC(CO)C(O)CCCCCCCCCCCCC. The molecule has 0 saturated heterocycles. The second-order valence-corrected chi connectivity index (χ2v) is 23.5. The predicted octanol–water partition coefficient (Wildman–Crippen LogP) is 21.8. The molecule has 2 unspecified atom stereocenters. The van der Waals surface area contributed by atoms with Crippen LogP contribution >= 0.6 is 0 Å². The molecule has 0 fully saturated rings. The number of hydrogen-bond acceptors (Lipinski definition) is 5. The first-order chi connectivity index (χ1) is 37.0. The molecule has 2 atom stereocenters. The normalized spacial score (nSPS) is 12.6. The van der Waals surface area contributed by atoms with Crippen molar-refractivity contribution in [2.24, 2.45) is 0 Å². The lowest BCUT2D eigenvalue weighted by Gasteiger charge is -2.22. The van der Waals surface area contributed by atoms with E-state index in [1.807, 2.05) is 0 Å². The highest BCUT2D eigenvalue weighted by Crippen LogP contribution is 2.19. The van der Waals surface area contributed by atoms with Crippen LogP contribution in [-0.2, 0) is 14.3 Å². The Balaban J connectivity index is 3.30. The molecular formula is C69H133NO5. The number of allylic oxidation sites excluding steroid dienone is 4. The molecule has 6 nitrogen and oxygen atoms in total. The lowest BCUT2D eigenvalue weighted by atomic mass is 10.0. The van der Waals surface area contributed by atoms with E-state index in [9.17, 15) is 19.8 Å². The zero-order valence-electron chi connectivity index (χ0n) is 50.8. The highest BCUT2D eigenvalue weighted by molar-refractivity contribution is 5.76. The van der Waals surface area contributed by atoms with Crippen LogP contribution in [0.15, 0.2) is 24.3 Å². The Hall–Kier alpha value is -1.66. The van der Waals surface area contributed by atoms with Gasteiger partial charge in [-0.15, -0.1) is 0 Å². The molecule has 75 heavy (non-hydrogen) atoms. The molecule has 0 radical (unpaired) electrons. The summed E-state index contributed by atoms with van der Waals surface area (Å²) < 4.78 is 5.49. The summed E-state index contributed by atoms with van der Waals surface area (Å²) in [5.74, 6) is -0.0222. The molecule has 0 rings (SSSR count). The van der Waals surface area contributed by atoms with Crippen LogP contribution in [0.25, 0.3) is 0 Å². The number of aliphatic hydroxyl groups is 2. The first-order valence-corrected chi connectivity index (χ1v) is 34.1. The number of carbonyl (C=O) groups is 2. The minimum Gasteiger partial charge on any atom is -0.466 e. The van der Waals surface area contributed by atoms with E-state index in [-0.39, 0.29) is 18.5 Å². The maximum absolute atomic E-state index is 12.5. The maximum atomic E-state index is 12.5. The Bertz CT molecular complexity index is 1170. The van der Waals surface area contributed by atoms with Crippen LogP contribution in [0.2, 0.25) is 0 Å². The van der Waals surface area contributed by atoms with Crippen molar-refractivity contribution in [2.75, 3.05) is 13.2 Å². The second-order valence-electron chi connectivity index (χ2n) is 23.5.